The van der Waals surface area contributed by atoms with Crippen molar-refractivity contribution in [3.05, 3.63) is 36.2 Å². The molecule has 0 saturated heterocycles. The van der Waals surface area contributed by atoms with E-state index in [1.165, 1.54) is 22.6 Å². The van der Waals surface area contributed by atoms with Gasteiger partial charge in [0, 0.05) is 13.1 Å². The average molecular weight is 253 g/mol. The zero-order valence-electron chi connectivity index (χ0n) is 11.3. The summed E-state index contributed by atoms with van der Waals surface area (Å²) in [5.41, 5.74) is 3.94. The van der Waals surface area contributed by atoms with Gasteiger partial charge in [0.1, 0.15) is 12.4 Å². The minimum atomic E-state index is 0.925. The Morgan fingerprint density at radius 3 is 3.11 bits per heavy atom. The molecule has 3 heterocycles. The Balaban J connectivity index is 2.11. The lowest BCUT2D eigenvalue weighted by Gasteiger charge is -2.32. The Kier molecular flexibility index (Phi) is 2.10. The molecular weight excluding hydrogens is 236 g/mol. The van der Waals surface area contributed by atoms with Crippen molar-refractivity contribution in [2.75, 3.05) is 18.0 Å². The van der Waals surface area contributed by atoms with E-state index < -0.39 is 0 Å². The number of fused-ring (bicyclic) bond motifs is 6. The summed E-state index contributed by atoms with van der Waals surface area (Å²) in [6.45, 7) is 4.16. The largest absolute Gasteiger partial charge is 0.302 e. The van der Waals surface area contributed by atoms with E-state index >= 15 is 0 Å². The SMILES string of the molecule is Cc1cccc2c1-c1n(cc[n+]1C)C1=NCCCN12. The molecule has 0 N–H and O–H groups in total. The van der Waals surface area contributed by atoms with E-state index in [0.717, 1.165) is 25.5 Å². The van der Waals surface area contributed by atoms with Gasteiger partial charge in [0.15, 0.2) is 0 Å². The van der Waals surface area contributed by atoms with Crippen LogP contribution in [0, 0.1) is 6.92 Å². The van der Waals surface area contributed by atoms with E-state index in [4.69, 9.17) is 4.99 Å². The van der Waals surface area contributed by atoms with Crippen molar-refractivity contribution in [3.8, 4) is 11.4 Å². The Hall–Kier alpha value is -2.10. The smallest absolute Gasteiger partial charge is 0.291 e. The Morgan fingerprint density at radius 2 is 2.21 bits per heavy atom. The second-order valence-corrected chi connectivity index (χ2v) is 5.26. The molecule has 2 aliphatic heterocycles. The van der Waals surface area contributed by atoms with Crippen LogP contribution in [0.15, 0.2) is 35.6 Å². The lowest BCUT2D eigenvalue weighted by atomic mass is 10.0. The molecule has 2 aliphatic rings. The molecule has 4 nitrogen and oxygen atoms in total. The van der Waals surface area contributed by atoms with Gasteiger partial charge in [-0.05, 0) is 25.0 Å². The minimum absolute atomic E-state index is 0.925. The molecule has 0 fully saturated rings. The molecule has 0 saturated carbocycles. The summed E-state index contributed by atoms with van der Waals surface area (Å²) in [7, 11) is 2.10. The third-order valence-corrected chi connectivity index (χ3v) is 4.02. The van der Waals surface area contributed by atoms with Gasteiger partial charge in [-0.1, -0.05) is 12.1 Å². The van der Waals surface area contributed by atoms with E-state index in [-0.39, 0.29) is 0 Å². The van der Waals surface area contributed by atoms with Gasteiger partial charge in [0.25, 0.3) is 5.82 Å². The zero-order chi connectivity index (χ0) is 13.0. The number of nitrogens with zero attached hydrogens (tertiary/aromatic N) is 4. The molecule has 1 aromatic carbocycles. The normalized spacial score (nSPS) is 16.5. The third-order valence-electron chi connectivity index (χ3n) is 4.02. The van der Waals surface area contributed by atoms with Crippen LogP contribution < -0.4 is 9.47 Å². The maximum atomic E-state index is 4.73. The van der Waals surface area contributed by atoms with Crippen LogP contribution in [-0.4, -0.2) is 23.6 Å². The quantitative estimate of drug-likeness (QED) is 0.656. The second kappa shape index (κ2) is 3.70. The highest BCUT2D eigenvalue weighted by molar-refractivity contribution is 6.06. The monoisotopic (exact) mass is 253 g/mol. The molecular formula is C15H17N4+. The standard InChI is InChI=1S/C15H17N4/c1-11-5-3-6-12-13(11)14-17(2)9-10-19(14)15-16-7-4-8-18(12)15/h3,5-6,9-10H,4,7-8H2,1-2H3/q+1. The van der Waals surface area contributed by atoms with E-state index in [1.54, 1.807) is 0 Å². The van der Waals surface area contributed by atoms with Gasteiger partial charge in [-0.25, -0.2) is 9.56 Å². The second-order valence-electron chi connectivity index (χ2n) is 5.26. The van der Waals surface area contributed by atoms with Crippen molar-refractivity contribution in [2.24, 2.45) is 12.0 Å². The highest BCUT2D eigenvalue weighted by Gasteiger charge is 2.37. The number of rotatable bonds is 0. The van der Waals surface area contributed by atoms with E-state index in [0.29, 0.717) is 0 Å². The molecule has 0 unspecified atom stereocenters. The average Bonchev–Trinajstić information content (AvgIpc) is 2.82. The number of hydrogen-bond acceptors (Lipinski definition) is 2. The maximum Gasteiger partial charge on any atom is 0.302 e. The lowest BCUT2D eigenvalue weighted by molar-refractivity contribution is -0.659. The van der Waals surface area contributed by atoms with Crippen LogP contribution in [0.4, 0.5) is 5.69 Å². The fraction of sp³-hybridized carbons (Fsp3) is 0.333. The van der Waals surface area contributed by atoms with Gasteiger partial charge in [-0.15, -0.1) is 0 Å². The molecule has 4 rings (SSSR count). The molecule has 0 bridgehead atoms. The molecule has 19 heavy (non-hydrogen) atoms. The van der Waals surface area contributed by atoms with E-state index in [2.05, 4.69) is 58.6 Å². The molecule has 0 aliphatic carbocycles. The first-order valence-corrected chi connectivity index (χ1v) is 6.77. The van der Waals surface area contributed by atoms with Crippen molar-refractivity contribution in [1.82, 2.24) is 4.57 Å². The highest BCUT2D eigenvalue weighted by atomic mass is 15.4. The number of hydrogen-bond donors (Lipinski definition) is 0. The van der Waals surface area contributed by atoms with Crippen molar-refractivity contribution >= 4 is 11.6 Å². The number of aromatic nitrogens is 2. The first-order chi connectivity index (χ1) is 9.27. The summed E-state index contributed by atoms with van der Waals surface area (Å²) >= 11 is 0. The minimum Gasteiger partial charge on any atom is -0.291 e. The van der Waals surface area contributed by atoms with Crippen molar-refractivity contribution < 1.29 is 4.57 Å². The number of aliphatic imine (C=N–C) groups is 1. The van der Waals surface area contributed by atoms with E-state index in [1.807, 2.05) is 0 Å². The van der Waals surface area contributed by atoms with Crippen LogP contribution >= 0.6 is 0 Å². The Morgan fingerprint density at radius 1 is 1.32 bits per heavy atom. The highest BCUT2D eigenvalue weighted by Crippen LogP contribution is 2.37. The first-order valence-electron chi connectivity index (χ1n) is 6.77. The number of imidazole rings is 1. The summed E-state index contributed by atoms with van der Waals surface area (Å²) in [5.74, 6) is 2.30. The van der Waals surface area contributed by atoms with Gasteiger partial charge < -0.3 is 0 Å². The van der Waals surface area contributed by atoms with Gasteiger partial charge in [-0.2, -0.15) is 4.57 Å². The van der Waals surface area contributed by atoms with Crippen molar-refractivity contribution in [3.63, 3.8) is 0 Å². The Bertz CT molecular complexity index is 696. The summed E-state index contributed by atoms with van der Waals surface area (Å²) in [6, 6.07) is 6.53. The summed E-state index contributed by atoms with van der Waals surface area (Å²) < 4.78 is 4.40. The Labute approximate surface area is 112 Å². The predicted octanol–water partition coefficient (Wildman–Crippen LogP) is 1.72. The molecule has 0 atom stereocenters. The first kappa shape index (κ1) is 10.8. The van der Waals surface area contributed by atoms with Crippen LogP contribution in [0.25, 0.3) is 11.4 Å². The molecule has 96 valence electrons. The number of aryl methyl sites for hydroxylation is 2. The fourth-order valence-corrected chi connectivity index (χ4v) is 3.13. The topological polar surface area (TPSA) is 24.4 Å². The maximum absolute atomic E-state index is 4.73. The zero-order valence-corrected chi connectivity index (χ0v) is 11.3. The van der Waals surface area contributed by atoms with Crippen LogP contribution in [0.3, 0.4) is 0 Å². The fourth-order valence-electron chi connectivity index (χ4n) is 3.13. The van der Waals surface area contributed by atoms with Crippen LogP contribution in [0.5, 0.6) is 0 Å². The van der Waals surface area contributed by atoms with Gasteiger partial charge >= 0.3 is 5.96 Å². The molecule has 0 spiro atoms. The molecule has 2 aromatic rings. The molecule has 4 heteroatoms. The van der Waals surface area contributed by atoms with Gasteiger partial charge in [0.2, 0.25) is 0 Å². The summed E-state index contributed by atoms with van der Waals surface area (Å²) in [5, 5.41) is 0. The number of benzene rings is 1. The number of anilines is 1. The van der Waals surface area contributed by atoms with Gasteiger partial charge in [-0.3, -0.25) is 4.90 Å². The van der Waals surface area contributed by atoms with Crippen LogP contribution in [-0.2, 0) is 7.05 Å². The van der Waals surface area contributed by atoms with Crippen LogP contribution in [0.1, 0.15) is 12.0 Å². The lowest BCUT2D eigenvalue weighted by Crippen LogP contribution is -2.45. The van der Waals surface area contributed by atoms with Crippen LogP contribution in [0.2, 0.25) is 0 Å². The summed E-state index contributed by atoms with van der Waals surface area (Å²) in [4.78, 5) is 7.07. The third kappa shape index (κ3) is 1.34. The molecule has 1 aromatic heterocycles. The molecule has 0 amide bonds. The van der Waals surface area contributed by atoms with Crippen molar-refractivity contribution in [2.45, 2.75) is 13.3 Å². The predicted molar refractivity (Wildman–Crippen MR) is 75.4 cm³/mol. The summed E-state index contributed by atoms with van der Waals surface area (Å²) in [6.07, 6.45) is 5.34. The van der Waals surface area contributed by atoms with Gasteiger partial charge in [0.05, 0.1) is 18.3 Å². The molecule has 0 radical (unpaired) electrons. The van der Waals surface area contributed by atoms with E-state index in [9.17, 15) is 0 Å². The van der Waals surface area contributed by atoms with Crippen molar-refractivity contribution in [1.29, 1.82) is 0 Å².